The number of carbonyl (C=O) groups is 2. The minimum absolute atomic E-state index is 0.116. The number of phenolic OH excluding ortho intramolecular Hbond substituents is 1. The molecule has 3 aromatic rings. The number of aromatic hydroxyl groups is 1. The number of phenols is 1. The second kappa shape index (κ2) is 7.08. The van der Waals surface area contributed by atoms with Gasteiger partial charge in [-0.25, -0.2) is 5.43 Å². The summed E-state index contributed by atoms with van der Waals surface area (Å²) < 4.78 is 0. The van der Waals surface area contributed by atoms with E-state index in [0.717, 1.165) is 10.8 Å². The summed E-state index contributed by atoms with van der Waals surface area (Å²) in [5.41, 5.74) is 15.1. The maximum atomic E-state index is 12.4. The molecule has 1 aromatic heterocycles. The highest BCUT2D eigenvalue weighted by molar-refractivity contribution is 7.18. The molecule has 0 aliphatic heterocycles. The van der Waals surface area contributed by atoms with E-state index in [1.54, 1.807) is 19.9 Å². The van der Waals surface area contributed by atoms with Crippen LogP contribution in [0.3, 0.4) is 0 Å². The predicted molar refractivity (Wildman–Crippen MR) is 107 cm³/mol. The molecule has 2 aromatic carbocycles. The summed E-state index contributed by atoms with van der Waals surface area (Å²) in [5, 5.41) is 16.2. The first-order valence-corrected chi connectivity index (χ1v) is 8.86. The minimum Gasteiger partial charge on any atom is -0.507 e. The van der Waals surface area contributed by atoms with E-state index >= 15 is 0 Å². The van der Waals surface area contributed by atoms with Gasteiger partial charge in [0.2, 0.25) is 0 Å². The van der Waals surface area contributed by atoms with Crippen LogP contribution in [0.25, 0.3) is 10.8 Å². The molecule has 1 heterocycles. The number of anilines is 1. The van der Waals surface area contributed by atoms with Gasteiger partial charge in [-0.3, -0.25) is 9.59 Å². The monoisotopic (exact) mass is 382 g/mol. The second-order valence-electron chi connectivity index (χ2n) is 6.01. The maximum absolute atomic E-state index is 12.4. The number of nitrogens with one attached hydrogen (secondary N) is 1. The molecular weight excluding hydrogens is 364 g/mol. The van der Waals surface area contributed by atoms with Gasteiger partial charge in [-0.1, -0.05) is 24.3 Å². The maximum Gasteiger partial charge on any atom is 0.275 e. The number of nitrogens with zero attached hydrogens (tertiary/aromatic N) is 1. The molecule has 138 valence electrons. The van der Waals surface area contributed by atoms with Crippen LogP contribution in [0.1, 0.15) is 38.1 Å². The van der Waals surface area contributed by atoms with E-state index in [2.05, 4.69) is 10.5 Å². The van der Waals surface area contributed by atoms with Crippen LogP contribution in [0.4, 0.5) is 5.00 Å². The van der Waals surface area contributed by atoms with E-state index in [-0.39, 0.29) is 16.9 Å². The first-order valence-electron chi connectivity index (χ1n) is 8.05. The van der Waals surface area contributed by atoms with Crippen LogP contribution >= 0.6 is 11.3 Å². The largest absolute Gasteiger partial charge is 0.507 e. The quantitative estimate of drug-likeness (QED) is 0.408. The zero-order chi connectivity index (χ0) is 19.7. The van der Waals surface area contributed by atoms with E-state index in [1.165, 1.54) is 17.4 Å². The summed E-state index contributed by atoms with van der Waals surface area (Å²) in [6.45, 7) is 3.40. The molecule has 0 radical (unpaired) electrons. The molecular formula is C19H18N4O3S. The molecule has 0 unspecified atom stereocenters. The molecule has 8 heteroatoms. The van der Waals surface area contributed by atoms with E-state index < -0.39 is 11.8 Å². The van der Waals surface area contributed by atoms with Crippen molar-refractivity contribution >= 4 is 44.6 Å². The van der Waals surface area contributed by atoms with Crippen molar-refractivity contribution in [2.24, 2.45) is 10.8 Å². The van der Waals surface area contributed by atoms with Gasteiger partial charge in [-0.05, 0) is 42.3 Å². The van der Waals surface area contributed by atoms with Crippen molar-refractivity contribution in [2.75, 3.05) is 5.73 Å². The molecule has 0 fully saturated rings. The number of thiophene rings is 1. The van der Waals surface area contributed by atoms with Crippen molar-refractivity contribution in [2.45, 2.75) is 13.8 Å². The Kier molecular flexibility index (Phi) is 4.83. The summed E-state index contributed by atoms with van der Waals surface area (Å²) in [6, 6.07) is 10.5. The van der Waals surface area contributed by atoms with Crippen LogP contribution in [0.5, 0.6) is 5.75 Å². The lowest BCUT2D eigenvalue weighted by Crippen LogP contribution is -2.19. The number of primary amides is 1. The molecule has 0 saturated carbocycles. The summed E-state index contributed by atoms with van der Waals surface area (Å²) in [5.74, 6) is -1.29. The van der Waals surface area contributed by atoms with E-state index in [1.807, 2.05) is 24.3 Å². The number of nitrogens with two attached hydrogens (primary N) is 2. The molecule has 0 aliphatic carbocycles. The van der Waals surface area contributed by atoms with Crippen LogP contribution in [-0.2, 0) is 0 Å². The molecule has 6 N–H and O–H groups in total. The van der Waals surface area contributed by atoms with Gasteiger partial charge in [0.25, 0.3) is 11.8 Å². The Bertz CT molecular complexity index is 1100. The SMILES string of the molecule is C/C(=N/NC(=O)c1cc2ccccc2cc1O)c1sc(N)c(C(N)=O)c1C. The fourth-order valence-corrected chi connectivity index (χ4v) is 3.87. The van der Waals surface area contributed by atoms with Crippen molar-refractivity contribution in [1.29, 1.82) is 0 Å². The highest BCUT2D eigenvalue weighted by Crippen LogP contribution is 2.30. The van der Waals surface area contributed by atoms with Crippen molar-refractivity contribution < 1.29 is 14.7 Å². The van der Waals surface area contributed by atoms with Gasteiger partial charge >= 0.3 is 0 Å². The number of carbonyl (C=O) groups excluding carboxylic acids is 2. The highest BCUT2D eigenvalue weighted by atomic mass is 32.1. The Morgan fingerprint density at radius 1 is 1.19 bits per heavy atom. The number of hydrogen-bond acceptors (Lipinski definition) is 6. The Morgan fingerprint density at radius 2 is 1.81 bits per heavy atom. The first-order chi connectivity index (χ1) is 12.8. The topological polar surface area (TPSA) is 131 Å². The number of fused-ring (bicyclic) bond motifs is 1. The first kappa shape index (κ1) is 18.4. The van der Waals surface area contributed by atoms with Gasteiger partial charge in [0.1, 0.15) is 5.75 Å². The Morgan fingerprint density at radius 3 is 2.41 bits per heavy atom. The zero-order valence-electron chi connectivity index (χ0n) is 14.7. The van der Waals surface area contributed by atoms with Gasteiger partial charge in [-0.15, -0.1) is 11.3 Å². The van der Waals surface area contributed by atoms with Crippen LogP contribution in [0.2, 0.25) is 0 Å². The lowest BCUT2D eigenvalue weighted by atomic mass is 10.1. The Balaban J connectivity index is 1.88. The fourth-order valence-electron chi connectivity index (χ4n) is 2.84. The number of amides is 2. The summed E-state index contributed by atoms with van der Waals surface area (Å²) >= 11 is 1.18. The van der Waals surface area contributed by atoms with Gasteiger partial charge in [0.05, 0.1) is 26.7 Å². The third kappa shape index (κ3) is 3.47. The minimum atomic E-state index is -0.606. The van der Waals surface area contributed by atoms with E-state index in [0.29, 0.717) is 21.2 Å². The molecule has 3 rings (SSSR count). The normalized spacial score (nSPS) is 11.6. The van der Waals surface area contributed by atoms with Crippen molar-refractivity contribution in [3.05, 3.63) is 58.0 Å². The molecule has 0 saturated heterocycles. The number of benzene rings is 2. The molecule has 0 bridgehead atoms. The van der Waals surface area contributed by atoms with Gasteiger partial charge in [0.15, 0.2) is 0 Å². The Labute approximate surface area is 159 Å². The van der Waals surface area contributed by atoms with Crippen molar-refractivity contribution in [3.8, 4) is 5.75 Å². The molecule has 7 nitrogen and oxygen atoms in total. The smallest absolute Gasteiger partial charge is 0.275 e. The number of nitrogen functional groups attached to an aromatic ring is 1. The van der Waals surface area contributed by atoms with Crippen molar-refractivity contribution in [3.63, 3.8) is 0 Å². The number of hydrazone groups is 1. The summed E-state index contributed by atoms with van der Waals surface area (Å²) in [6.07, 6.45) is 0. The molecule has 0 atom stereocenters. The van der Waals surface area contributed by atoms with Crippen molar-refractivity contribution in [1.82, 2.24) is 5.43 Å². The average molecular weight is 382 g/mol. The third-order valence-corrected chi connectivity index (χ3v) is 5.41. The van der Waals surface area contributed by atoms with E-state index in [4.69, 9.17) is 11.5 Å². The lowest BCUT2D eigenvalue weighted by molar-refractivity contribution is 0.0951. The van der Waals surface area contributed by atoms with E-state index in [9.17, 15) is 14.7 Å². The zero-order valence-corrected chi connectivity index (χ0v) is 15.6. The average Bonchev–Trinajstić information content (AvgIpc) is 2.93. The second-order valence-corrected chi connectivity index (χ2v) is 7.07. The fraction of sp³-hybridized carbons (Fsp3) is 0.105. The number of hydrogen-bond donors (Lipinski definition) is 4. The molecule has 2 amide bonds. The predicted octanol–water partition coefficient (Wildman–Crippen LogP) is 2.75. The molecule has 0 aliphatic rings. The molecule has 27 heavy (non-hydrogen) atoms. The van der Waals surface area contributed by atoms with Crippen LogP contribution in [-0.4, -0.2) is 22.6 Å². The number of rotatable bonds is 4. The van der Waals surface area contributed by atoms with Crippen LogP contribution in [0, 0.1) is 6.92 Å². The van der Waals surface area contributed by atoms with Gasteiger partial charge < -0.3 is 16.6 Å². The third-order valence-electron chi connectivity index (χ3n) is 4.18. The standard InChI is InChI=1S/C19H18N4O3S/c1-9-15(17(20)25)18(21)27-16(9)10(2)22-23-19(26)13-7-11-5-3-4-6-12(11)8-14(13)24/h3-8,24H,21H2,1-2H3,(H2,20,25)(H,23,26)/b22-10-. The summed E-state index contributed by atoms with van der Waals surface area (Å²) in [4.78, 5) is 24.6. The van der Waals surface area contributed by atoms with Crippen LogP contribution in [0.15, 0.2) is 41.5 Å². The molecule has 0 spiro atoms. The van der Waals surface area contributed by atoms with Gasteiger partial charge in [-0.2, -0.15) is 5.10 Å². The lowest BCUT2D eigenvalue weighted by Gasteiger charge is -2.07. The Hall–Kier alpha value is -3.39. The highest BCUT2D eigenvalue weighted by Gasteiger charge is 2.19. The van der Waals surface area contributed by atoms with Crippen LogP contribution < -0.4 is 16.9 Å². The van der Waals surface area contributed by atoms with Gasteiger partial charge in [0, 0.05) is 0 Å². The summed E-state index contributed by atoms with van der Waals surface area (Å²) in [7, 11) is 0.